The van der Waals surface area contributed by atoms with Crippen LogP contribution in [0.3, 0.4) is 0 Å². The summed E-state index contributed by atoms with van der Waals surface area (Å²) in [5, 5.41) is 0. The summed E-state index contributed by atoms with van der Waals surface area (Å²) in [6.45, 7) is 3.22. The third kappa shape index (κ3) is 3.30. The van der Waals surface area contributed by atoms with Crippen LogP contribution in [0.5, 0.6) is 5.75 Å². The summed E-state index contributed by atoms with van der Waals surface area (Å²) in [6.07, 6.45) is 6.76. The van der Waals surface area contributed by atoms with Gasteiger partial charge < -0.3 is 9.64 Å². The number of carbonyl (C=O) groups excluding carboxylic acids is 1. The lowest BCUT2D eigenvalue weighted by molar-refractivity contribution is -0.113. The Morgan fingerprint density at radius 2 is 2.17 bits per heavy atom. The minimum absolute atomic E-state index is 0.0603. The van der Waals surface area contributed by atoms with Gasteiger partial charge in [-0.2, -0.15) is 0 Å². The monoisotopic (exact) mass is 362 g/mol. The number of hydrogen-bond donors (Lipinski definition) is 0. The minimum atomic E-state index is -0.0603. The number of thiocarbonyl (C=S) groups is 1. The molecule has 0 N–H and O–H groups in total. The van der Waals surface area contributed by atoms with E-state index in [0.717, 1.165) is 13.0 Å². The third-order valence-electron chi connectivity index (χ3n) is 4.55. The molecule has 0 aromatic heterocycles. The van der Waals surface area contributed by atoms with Crippen LogP contribution in [0.1, 0.15) is 32.6 Å². The van der Waals surface area contributed by atoms with Gasteiger partial charge in [0.2, 0.25) is 0 Å². The Balaban J connectivity index is 1.87. The number of nitrogens with zero attached hydrogens (tertiary/aromatic N) is 2. The zero-order chi connectivity index (χ0) is 17.1. The zero-order valence-electron chi connectivity index (χ0n) is 14.0. The highest BCUT2D eigenvalue weighted by atomic mass is 32.2. The number of ether oxygens (including phenoxy) is 1. The molecule has 6 heteroatoms. The van der Waals surface area contributed by atoms with Crippen molar-refractivity contribution in [2.75, 3.05) is 18.6 Å². The van der Waals surface area contributed by atoms with Crippen molar-refractivity contribution in [3.8, 4) is 5.75 Å². The number of rotatable bonds is 4. The van der Waals surface area contributed by atoms with Gasteiger partial charge in [0, 0.05) is 18.8 Å². The van der Waals surface area contributed by atoms with Crippen molar-refractivity contribution in [2.45, 2.75) is 38.6 Å². The van der Waals surface area contributed by atoms with Crippen molar-refractivity contribution >= 4 is 39.9 Å². The molecule has 1 aromatic rings. The molecule has 0 bridgehead atoms. The van der Waals surface area contributed by atoms with Crippen LogP contribution < -0.4 is 9.64 Å². The van der Waals surface area contributed by atoms with E-state index < -0.39 is 0 Å². The molecule has 3 rings (SSSR count). The lowest BCUT2D eigenvalue weighted by Crippen LogP contribution is -2.35. The number of benzene rings is 1. The van der Waals surface area contributed by atoms with Gasteiger partial charge in [0.25, 0.3) is 5.91 Å². The van der Waals surface area contributed by atoms with Crippen LogP contribution in [0, 0.1) is 0 Å². The molecule has 1 atom stereocenters. The second kappa shape index (κ2) is 7.57. The summed E-state index contributed by atoms with van der Waals surface area (Å²) in [4.78, 5) is 17.5. The average molecular weight is 363 g/mol. The summed E-state index contributed by atoms with van der Waals surface area (Å²) < 4.78 is 5.94. The lowest BCUT2D eigenvalue weighted by Gasteiger charge is -2.34. The van der Waals surface area contributed by atoms with E-state index in [-0.39, 0.29) is 5.91 Å². The number of methoxy groups -OCH3 is 1. The largest absolute Gasteiger partial charge is 0.495 e. The topological polar surface area (TPSA) is 32.8 Å². The standard InChI is InChI=1S/C18H22N2O2S2/c1-3-13-8-6-7-11-19(13)12-16-17(21)20(18(23)24-16)14-9-4-5-10-15(14)22-2/h4-5,9-10,12-13H,3,6-8,11H2,1-2H3/b16-12-/t13-/m1/s1. The highest BCUT2D eigenvalue weighted by molar-refractivity contribution is 8.27. The van der Waals surface area contributed by atoms with Gasteiger partial charge in [-0.15, -0.1) is 0 Å². The van der Waals surface area contributed by atoms with Gasteiger partial charge in [-0.25, -0.2) is 0 Å². The van der Waals surface area contributed by atoms with Gasteiger partial charge in [-0.3, -0.25) is 9.69 Å². The van der Waals surface area contributed by atoms with E-state index in [1.54, 1.807) is 12.0 Å². The van der Waals surface area contributed by atoms with Crippen LogP contribution in [0.2, 0.25) is 0 Å². The van der Waals surface area contributed by atoms with Crippen LogP contribution >= 0.6 is 24.0 Å². The molecular formula is C18H22N2O2S2. The molecule has 2 aliphatic heterocycles. The first-order valence-corrected chi connectivity index (χ1v) is 9.55. The van der Waals surface area contributed by atoms with Gasteiger partial charge in [-0.05, 0) is 37.8 Å². The number of anilines is 1. The highest BCUT2D eigenvalue weighted by Crippen LogP contribution is 2.39. The van der Waals surface area contributed by atoms with Crippen molar-refractivity contribution in [3.05, 3.63) is 35.4 Å². The molecular weight excluding hydrogens is 340 g/mol. The average Bonchev–Trinajstić information content (AvgIpc) is 2.89. The molecule has 2 aliphatic rings. The van der Waals surface area contributed by atoms with E-state index in [4.69, 9.17) is 17.0 Å². The molecule has 2 heterocycles. The summed E-state index contributed by atoms with van der Waals surface area (Å²) in [6, 6.07) is 8.00. The molecule has 0 unspecified atom stereocenters. The Kier molecular flexibility index (Phi) is 5.46. The normalized spacial score (nSPS) is 23.2. The number of piperidine rings is 1. The van der Waals surface area contributed by atoms with Crippen molar-refractivity contribution in [2.24, 2.45) is 0 Å². The molecule has 0 saturated carbocycles. The summed E-state index contributed by atoms with van der Waals surface area (Å²) in [5.41, 5.74) is 0.705. The van der Waals surface area contributed by atoms with E-state index in [0.29, 0.717) is 26.7 Å². The Labute approximate surface area is 152 Å². The molecule has 24 heavy (non-hydrogen) atoms. The van der Waals surface area contributed by atoms with Crippen LogP contribution in [0.4, 0.5) is 5.69 Å². The van der Waals surface area contributed by atoms with E-state index in [9.17, 15) is 4.79 Å². The second-order valence-corrected chi connectivity index (χ2v) is 7.65. The number of thioether (sulfide) groups is 1. The highest BCUT2D eigenvalue weighted by Gasteiger charge is 2.35. The van der Waals surface area contributed by atoms with Crippen molar-refractivity contribution < 1.29 is 9.53 Å². The van der Waals surface area contributed by atoms with Gasteiger partial charge in [0.1, 0.15) is 5.75 Å². The zero-order valence-corrected chi connectivity index (χ0v) is 15.7. The maximum absolute atomic E-state index is 12.9. The number of carbonyl (C=O) groups is 1. The second-order valence-electron chi connectivity index (χ2n) is 5.97. The predicted octanol–water partition coefficient (Wildman–Crippen LogP) is 4.17. The van der Waals surface area contributed by atoms with Crippen LogP contribution in [0.25, 0.3) is 0 Å². The Hall–Kier alpha value is -1.53. The van der Waals surface area contributed by atoms with Gasteiger partial charge >= 0.3 is 0 Å². The molecule has 0 spiro atoms. The Bertz CT molecular complexity index is 675. The molecule has 1 amide bonds. The summed E-state index contributed by atoms with van der Waals surface area (Å²) >= 11 is 6.84. The summed E-state index contributed by atoms with van der Waals surface area (Å²) in [7, 11) is 1.60. The van der Waals surface area contributed by atoms with Gasteiger partial charge in [0.05, 0.1) is 17.7 Å². The quantitative estimate of drug-likeness (QED) is 0.593. The van der Waals surface area contributed by atoms with Crippen LogP contribution in [-0.4, -0.2) is 34.8 Å². The van der Waals surface area contributed by atoms with Crippen molar-refractivity contribution in [1.29, 1.82) is 0 Å². The number of likely N-dealkylation sites (tertiary alicyclic amines) is 1. The molecule has 128 valence electrons. The SMILES string of the molecule is CC[C@@H]1CCCCN1/C=C1\SC(=S)N(c2ccccc2OC)C1=O. The van der Waals surface area contributed by atoms with E-state index in [1.165, 1.54) is 31.0 Å². The first-order chi connectivity index (χ1) is 11.7. The van der Waals surface area contributed by atoms with Crippen molar-refractivity contribution in [1.82, 2.24) is 4.90 Å². The van der Waals surface area contributed by atoms with Gasteiger partial charge in [0.15, 0.2) is 4.32 Å². The van der Waals surface area contributed by atoms with E-state index in [1.807, 2.05) is 30.5 Å². The third-order valence-corrected chi connectivity index (χ3v) is 5.84. The van der Waals surface area contributed by atoms with Gasteiger partial charge in [-0.1, -0.05) is 43.0 Å². The minimum Gasteiger partial charge on any atom is -0.495 e. The molecule has 4 nitrogen and oxygen atoms in total. The lowest BCUT2D eigenvalue weighted by atomic mass is 10.0. The first-order valence-electron chi connectivity index (χ1n) is 8.32. The molecule has 1 aromatic carbocycles. The smallest absolute Gasteiger partial charge is 0.272 e. The van der Waals surface area contributed by atoms with E-state index in [2.05, 4.69) is 11.8 Å². The maximum atomic E-state index is 12.9. The fourth-order valence-electron chi connectivity index (χ4n) is 3.26. The summed E-state index contributed by atoms with van der Waals surface area (Å²) in [5.74, 6) is 0.592. The molecule has 2 fully saturated rings. The maximum Gasteiger partial charge on any atom is 0.272 e. The molecule has 2 saturated heterocycles. The fraction of sp³-hybridized carbons (Fsp3) is 0.444. The predicted molar refractivity (Wildman–Crippen MR) is 103 cm³/mol. The fourth-order valence-corrected chi connectivity index (χ4v) is 4.54. The Morgan fingerprint density at radius 1 is 1.38 bits per heavy atom. The number of para-hydroxylation sites is 2. The van der Waals surface area contributed by atoms with Crippen molar-refractivity contribution in [3.63, 3.8) is 0 Å². The Morgan fingerprint density at radius 3 is 2.92 bits per heavy atom. The molecule has 0 aliphatic carbocycles. The molecule has 0 radical (unpaired) electrons. The number of amides is 1. The van der Waals surface area contributed by atoms with Crippen LogP contribution in [0.15, 0.2) is 35.4 Å². The number of hydrogen-bond acceptors (Lipinski definition) is 5. The van der Waals surface area contributed by atoms with E-state index >= 15 is 0 Å². The first kappa shape index (κ1) is 17.3. The van der Waals surface area contributed by atoms with Crippen LogP contribution in [-0.2, 0) is 4.79 Å².